The van der Waals surface area contributed by atoms with Gasteiger partial charge in [-0.25, -0.2) is 0 Å². The predicted molar refractivity (Wildman–Crippen MR) is 66.7 cm³/mol. The fraction of sp³-hybridized carbons (Fsp3) is 0.455. The summed E-state index contributed by atoms with van der Waals surface area (Å²) >= 11 is 0. The quantitative estimate of drug-likeness (QED) is 0.501. The van der Waals surface area contributed by atoms with Crippen molar-refractivity contribution in [3.8, 4) is 17.2 Å². The molecule has 1 aromatic rings. The SMILES string of the molecule is COCCOc1c(OC)cc(B(O)O)cc1OC. The number of hydrogen-bond acceptors (Lipinski definition) is 6. The Hall–Kier alpha value is -1.44. The smallest absolute Gasteiger partial charge is 0.488 e. The Morgan fingerprint density at radius 1 is 1.00 bits per heavy atom. The van der Waals surface area contributed by atoms with Gasteiger partial charge in [-0.15, -0.1) is 0 Å². The highest BCUT2D eigenvalue weighted by Gasteiger charge is 2.19. The lowest BCUT2D eigenvalue weighted by Gasteiger charge is -2.15. The molecule has 0 aromatic heterocycles. The first-order chi connectivity index (χ1) is 8.63. The van der Waals surface area contributed by atoms with Gasteiger partial charge in [0.1, 0.15) is 6.61 Å². The normalized spacial score (nSPS) is 10.1. The number of rotatable bonds is 7. The lowest BCUT2D eigenvalue weighted by molar-refractivity contribution is 0.142. The van der Waals surface area contributed by atoms with Gasteiger partial charge in [0.25, 0.3) is 0 Å². The largest absolute Gasteiger partial charge is 0.493 e. The second-order valence-electron chi connectivity index (χ2n) is 3.47. The summed E-state index contributed by atoms with van der Waals surface area (Å²) < 4.78 is 20.7. The fourth-order valence-corrected chi connectivity index (χ4v) is 1.42. The Kier molecular flexibility index (Phi) is 5.77. The lowest BCUT2D eigenvalue weighted by atomic mass is 9.80. The van der Waals surface area contributed by atoms with Crippen LogP contribution in [0, 0.1) is 0 Å². The monoisotopic (exact) mass is 256 g/mol. The van der Waals surface area contributed by atoms with Crippen LogP contribution in [-0.4, -0.2) is 51.7 Å². The van der Waals surface area contributed by atoms with E-state index in [0.717, 1.165) is 0 Å². The molecule has 2 N–H and O–H groups in total. The first kappa shape index (κ1) is 14.6. The van der Waals surface area contributed by atoms with Gasteiger partial charge in [-0.1, -0.05) is 0 Å². The van der Waals surface area contributed by atoms with E-state index in [4.69, 9.17) is 29.0 Å². The second-order valence-corrected chi connectivity index (χ2v) is 3.47. The van der Waals surface area contributed by atoms with Gasteiger partial charge in [0.15, 0.2) is 11.5 Å². The molecular formula is C11H17BO6. The van der Waals surface area contributed by atoms with Crippen molar-refractivity contribution in [1.82, 2.24) is 0 Å². The molecule has 0 spiro atoms. The van der Waals surface area contributed by atoms with Crippen LogP contribution in [0.25, 0.3) is 0 Å². The topological polar surface area (TPSA) is 77.4 Å². The van der Waals surface area contributed by atoms with Crippen LogP contribution in [0.4, 0.5) is 0 Å². The molecule has 0 heterocycles. The molecule has 1 rings (SSSR count). The van der Waals surface area contributed by atoms with E-state index in [1.165, 1.54) is 26.4 Å². The first-order valence-corrected chi connectivity index (χ1v) is 5.37. The van der Waals surface area contributed by atoms with Gasteiger partial charge >= 0.3 is 7.12 Å². The number of methoxy groups -OCH3 is 3. The van der Waals surface area contributed by atoms with Crippen LogP contribution in [0.5, 0.6) is 17.2 Å². The van der Waals surface area contributed by atoms with Gasteiger partial charge < -0.3 is 29.0 Å². The summed E-state index contributed by atoms with van der Waals surface area (Å²) in [6.07, 6.45) is 0. The molecule has 0 aliphatic rings. The third-order valence-electron chi connectivity index (χ3n) is 2.31. The summed E-state index contributed by atoms with van der Waals surface area (Å²) in [4.78, 5) is 0. The third-order valence-corrected chi connectivity index (χ3v) is 2.31. The standard InChI is InChI=1S/C11H17BO6/c1-15-4-5-18-11-9(16-2)6-8(12(13)14)7-10(11)17-3/h6-7,13-14H,4-5H2,1-3H3. The highest BCUT2D eigenvalue weighted by atomic mass is 16.6. The summed E-state index contributed by atoms with van der Waals surface area (Å²) in [6.45, 7) is 0.765. The highest BCUT2D eigenvalue weighted by molar-refractivity contribution is 6.58. The molecule has 0 bridgehead atoms. The van der Waals surface area contributed by atoms with E-state index in [1.807, 2.05) is 0 Å². The van der Waals surface area contributed by atoms with Crippen LogP contribution in [0.3, 0.4) is 0 Å². The zero-order valence-electron chi connectivity index (χ0n) is 10.7. The lowest BCUT2D eigenvalue weighted by Crippen LogP contribution is -2.30. The van der Waals surface area contributed by atoms with E-state index in [1.54, 1.807) is 7.11 Å². The molecule has 18 heavy (non-hydrogen) atoms. The Bertz CT molecular complexity index is 357. The van der Waals surface area contributed by atoms with Crippen molar-refractivity contribution in [3.63, 3.8) is 0 Å². The van der Waals surface area contributed by atoms with Crippen molar-refractivity contribution in [3.05, 3.63) is 12.1 Å². The second kappa shape index (κ2) is 7.10. The molecular weight excluding hydrogens is 239 g/mol. The van der Waals surface area contributed by atoms with E-state index in [2.05, 4.69) is 0 Å². The van der Waals surface area contributed by atoms with Gasteiger partial charge in [-0.2, -0.15) is 0 Å². The van der Waals surface area contributed by atoms with Crippen LogP contribution in [0.2, 0.25) is 0 Å². The number of benzene rings is 1. The zero-order chi connectivity index (χ0) is 13.5. The third kappa shape index (κ3) is 3.53. The number of hydrogen-bond donors (Lipinski definition) is 2. The maximum absolute atomic E-state index is 9.15. The molecule has 0 saturated carbocycles. The van der Waals surface area contributed by atoms with Crippen molar-refractivity contribution < 1.29 is 29.0 Å². The number of ether oxygens (including phenoxy) is 4. The van der Waals surface area contributed by atoms with E-state index in [0.29, 0.717) is 30.5 Å². The minimum atomic E-state index is -1.60. The maximum atomic E-state index is 9.15. The summed E-state index contributed by atoms with van der Waals surface area (Å²) in [5, 5.41) is 18.3. The predicted octanol–water partition coefficient (Wildman–Crippen LogP) is -0.591. The molecule has 7 heteroatoms. The Morgan fingerprint density at radius 2 is 1.56 bits per heavy atom. The molecule has 0 atom stereocenters. The van der Waals surface area contributed by atoms with E-state index in [9.17, 15) is 0 Å². The summed E-state index contributed by atoms with van der Waals surface area (Å²) in [6, 6.07) is 2.96. The van der Waals surface area contributed by atoms with Crippen molar-refractivity contribution >= 4 is 12.6 Å². The minimum absolute atomic E-state index is 0.266. The van der Waals surface area contributed by atoms with Gasteiger partial charge in [0, 0.05) is 7.11 Å². The van der Waals surface area contributed by atoms with Crippen molar-refractivity contribution in [1.29, 1.82) is 0 Å². The molecule has 0 fully saturated rings. The average Bonchev–Trinajstić information content (AvgIpc) is 2.38. The van der Waals surface area contributed by atoms with Crippen molar-refractivity contribution in [2.45, 2.75) is 0 Å². The first-order valence-electron chi connectivity index (χ1n) is 5.37. The maximum Gasteiger partial charge on any atom is 0.488 e. The van der Waals surface area contributed by atoms with Gasteiger partial charge in [-0.05, 0) is 17.6 Å². The van der Waals surface area contributed by atoms with Crippen LogP contribution in [0.1, 0.15) is 0 Å². The molecule has 0 unspecified atom stereocenters. The summed E-state index contributed by atoms with van der Waals surface area (Å²) in [7, 11) is 2.90. The fourth-order valence-electron chi connectivity index (χ4n) is 1.42. The Morgan fingerprint density at radius 3 is 1.94 bits per heavy atom. The van der Waals surface area contributed by atoms with Crippen LogP contribution < -0.4 is 19.7 Å². The molecule has 0 aliphatic heterocycles. The van der Waals surface area contributed by atoms with Gasteiger partial charge in [0.2, 0.25) is 5.75 Å². The van der Waals surface area contributed by atoms with Crippen LogP contribution >= 0.6 is 0 Å². The molecule has 0 aliphatic carbocycles. The van der Waals surface area contributed by atoms with E-state index < -0.39 is 7.12 Å². The Balaban J connectivity index is 3.05. The highest BCUT2D eigenvalue weighted by Crippen LogP contribution is 2.36. The summed E-state index contributed by atoms with van der Waals surface area (Å²) in [5.74, 6) is 1.14. The Labute approximate surface area is 106 Å². The minimum Gasteiger partial charge on any atom is -0.493 e. The van der Waals surface area contributed by atoms with E-state index in [-0.39, 0.29) is 5.46 Å². The zero-order valence-corrected chi connectivity index (χ0v) is 10.7. The van der Waals surface area contributed by atoms with Gasteiger partial charge in [-0.3, -0.25) is 0 Å². The van der Waals surface area contributed by atoms with Crippen molar-refractivity contribution in [2.75, 3.05) is 34.5 Å². The molecule has 0 radical (unpaired) electrons. The molecule has 1 aromatic carbocycles. The van der Waals surface area contributed by atoms with Crippen molar-refractivity contribution in [2.24, 2.45) is 0 Å². The molecule has 6 nitrogen and oxygen atoms in total. The van der Waals surface area contributed by atoms with Crippen LogP contribution in [-0.2, 0) is 4.74 Å². The molecule has 0 saturated heterocycles. The van der Waals surface area contributed by atoms with Gasteiger partial charge in [0.05, 0.1) is 20.8 Å². The van der Waals surface area contributed by atoms with E-state index >= 15 is 0 Å². The average molecular weight is 256 g/mol. The summed E-state index contributed by atoms with van der Waals surface area (Å²) in [5.41, 5.74) is 0.266. The molecule has 0 amide bonds. The van der Waals surface area contributed by atoms with Crippen LogP contribution in [0.15, 0.2) is 12.1 Å². The molecule has 100 valence electrons.